The maximum absolute atomic E-state index is 13.6. The Labute approximate surface area is 164 Å². The van der Waals surface area contributed by atoms with Crippen LogP contribution >= 0.6 is 11.3 Å². The fourth-order valence-corrected chi connectivity index (χ4v) is 3.92. The molecule has 0 aliphatic heterocycles. The van der Waals surface area contributed by atoms with Crippen LogP contribution in [0.25, 0.3) is 10.2 Å². The van der Waals surface area contributed by atoms with Gasteiger partial charge in [0.25, 0.3) is 5.91 Å². The molecule has 1 amide bonds. The van der Waals surface area contributed by atoms with Crippen LogP contribution in [0.1, 0.15) is 11.1 Å². The first kappa shape index (κ1) is 19.8. The van der Waals surface area contributed by atoms with Crippen molar-refractivity contribution in [3.05, 3.63) is 58.1 Å². The summed E-state index contributed by atoms with van der Waals surface area (Å²) in [7, 11) is 2.87. The van der Waals surface area contributed by atoms with Crippen LogP contribution in [0.2, 0.25) is 0 Å². The third-order valence-corrected chi connectivity index (χ3v) is 5.24. The van der Waals surface area contributed by atoms with Crippen LogP contribution in [-0.4, -0.2) is 30.7 Å². The predicted octanol–water partition coefficient (Wildman–Crippen LogP) is 3.00. The minimum atomic E-state index is -0.483. The number of amides is 1. The lowest BCUT2D eigenvalue weighted by molar-refractivity contribution is -0.141. The van der Waals surface area contributed by atoms with E-state index in [-0.39, 0.29) is 18.9 Å². The molecule has 0 radical (unpaired) electrons. The van der Waals surface area contributed by atoms with Gasteiger partial charge in [-0.3, -0.25) is 9.59 Å². The highest BCUT2D eigenvalue weighted by atomic mass is 32.1. The van der Waals surface area contributed by atoms with E-state index in [4.69, 9.17) is 9.47 Å². The molecule has 3 aromatic rings. The Kier molecular flexibility index (Phi) is 5.89. The molecule has 0 aliphatic carbocycles. The number of nitrogens with zero attached hydrogens (tertiary/aromatic N) is 2. The lowest BCUT2D eigenvalue weighted by atomic mass is 10.1. The number of hydrogen-bond acceptors (Lipinski definition) is 5. The summed E-state index contributed by atoms with van der Waals surface area (Å²) in [6.07, 6.45) is 0.103. The quantitative estimate of drug-likeness (QED) is 0.615. The van der Waals surface area contributed by atoms with Crippen molar-refractivity contribution < 1.29 is 23.5 Å². The zero-order valence-corrected chi connectivity index (χ0v) is 16.5. The third-order valence-electron chi connectivity index (χ3n) is 4.19. The van der Waals surface area contributed by atoms with Crippen molar-refractivity contribution in [1.29, 1.82) is 0 Å². The monoisotopic (exact) mass is 402 g/mol. The Morgan fingerprint density at radius 3 is 2.64 bits per heavy atom. The van der Waals surface area contributed by atoms with Gasteiger partial charge in [0.05, 0.1) is 30.9 Å². The molecule has 1 heterocycles. The number of hydrogen-bond donors (Lipinski definition) is 0. The van der Waals surface area contributed by atoms with Crippen molar-refractivity contribution in [1.82, 2.24) is 4.57 Å². The molecule has 0 atom stereocenters. The number of ether oxygens (including phenoxy) is 2. The number of esters is 1. The van der Waals surface area contributed by atoms with Gasteiger partial charge in [-0.15, -0.1) is 0 Å². The average Bonchev–Trinajstić information content (AvgIpc) is 2.97. The van der Waals surface area contributed by atoms with Crippen LogP contribution in [0.15, 0.2) is 41.4 Å². The van der Waals surface area contributed by atoms with E-state index in [1.54, 1.807) is 23.8 Å². The molecule has 8 heteroatoms. The maximum atomic E-state index is 13.6. The van der Waals surface area contributed by atoms with Gasteiger partial charge in [-0.05, 0) is 42.3 Å². The Morgan fingerprint density at radius 1 is 1.18 bits per heavy atom. The molecule has 146 valence electrons. The number of aryl methyl sites for hydroxylation is 1. The van der Waals surface area contributed by atoms with Crippen molar-refractivity contribution >= 4 is 33.4 Å². The van der Waals surface area contributed by atoms with Gasteiger partial charge in [0, 0.05) is 0 Å². The number of methoxy groups -OCH3 is 2. The van der Waals surface area contributed by atoms with Gasteiger partial charge in [-0.2, -0.15) is 4.99 Å². The number of rotatable bonds is 5. The van der Waals surface area contributed by atoms with E-state index in [1.165, 1.54) is 19.2 Å². The van der Waals surface area contributed by atoms with Crippen molar-refractivity contribution in [2.45, 2.75) is 19.9 Å². The molecule has 3 rings (SSSR count). The molecule has 0 unspecified atom stereocenters. The van der Waals surface area contributed by atoms with Gasteiger partial charge >= 0.3 is 5.97 Å². The van der Waals surface area contributed by atoms with Crippen molar-refractivity contribution in [3.8, 4) is 5.75 Å². The molecular formula is C20H19FN2O4S. The molecule has 0 fully saturated rings. The number of carbonyl (C=O) groups excluding carboxylic acids is 2. The zero-order valence-electron chi connectivity index (χ0n) is 15.7. The van der Waals surface area contributed by atoms with Crippen LogP contribution in [0.3, 0.4) is 0 Å². The summed E-state index contributed by atoms with van der Waals surface area (Å²) in [4.78, 5) is 28.8. The fourth-order valence-electron chi connectivity index (χ4n) is 2.85. The second-order valence-corrected chi connectivity index (χ2v) is 7.15. The van der Waals surface area contributed by atoms with Gasteiger partial charge in [0.1, 0.15) is 18.1 Å². The third kappa shape index (κ3) is 4.28. The Hall–Kier alpha value is -3.00. The molecule has 0 spiro atoms. The number of aromatic nitrogens is 1. The summed E-state index contributed by atoms with van der Waals surface area (Å²) in [5, 5.41) is 0. The molecule has 6 nitrogen and oxygen atoms in total. The first-order valence-corrected chi connectivity index (χ1v) is 9.29. The average molecular weight is 402 g/mol. The van der Waals surface area contributed by atoms with Crippen LogP contribution in [0, 0.1) is 12.7 Å². The highest BCUT2D eigenvalue weighted by molar-refractivity contribution is 7.16. The van der Waals surface area contributed by atoms with E-state index in [9.17, 15) is 14.0 Å². The van der Waals surface area contributed by atoms with E-state index in [2.05, 4.69) is 4.99 Å². The summed E-state index contributed by atoms with van der Waals surface area (Å²) < 4.78 is 25.6. The van der Waals surface area contributed by atoms with Gasteiger partial charge < -0.3 is 14.0 Å². The first-order valence-electron chi connectivity index (χ1n) is 8.48. The molecular weight excluding hydrogens is 383 g/mol. The number of benzene rings is 2. The predicted molar refractivity (Wildman–Crippen MR) is 104 cm³/mol. The van der Waals surface area contributed by atoms with Crippen LogP contribution < -0.4 is 9.54 Å². The molecule has 0 N–H and O–H groups in total. The van der Waals surface area contributed by atoms with Crippen molar-refractivity contribution in [2.75, 3.05) is 14.2 Å². The van der Waals surface area contributed by atoms with Crippen molar-refractivity contribution in [3.63, 3.8) is 0 Å². The highest BCUT2D eigenvalue weighted by Crippen LogP contribution is 2.20. The lowest BCUT2D eigenvalue weighted by Crippen LogP contribution is -2.22. The summed E-state index contributed by atoms with van der Waals surface area (Å²) in [6.45, 7) is 1.78. The Balaban J connectivity index is 1.97. The number of fused-ring (bicyclic) bond motifs is 1. The Bertz CT molecular complexity index is 1120. The molecule has 0 saturated heterocycles. The summed E-state index contributed by atoms with van der Waals surface area (Å²) in [5.74, 6) is -0.500. The summed E-state index contributed by atoms with van der Waals surface area (Å²) in [6, 6.07) is 9.69. The maximum Gasteiger partial charge on any atom is 0.325 e. The van der Waals surface area contributed by atoms with Gasteiger partial charge in [-0.25, -0.2) is 4.39 Å². The fraction of sp³-hybridized carbons (Fsp3) is 0.250. The molecule has 0 aliphatic rings. The summed E-state index contributed by atoms with van der Waals surface area (Å²) in [5.41, 5.74) is 2.34. The van der Waals surface area contributed by atoms with Gasteiger partial charge in [-0.1, -0.05) is 23.5 Å². The Morgan fingerprint density at radius 2 is 1.96 bits per heavy atom. The minimum absolute atomic E-state index is 0.103. The second-order valence-electron chi connectivity index (χ2n) is 6.15. The van der Waals surface area contributed by atoms with Gasteiger partial charge in [0.15, 0.2) is 4.80 Å². The standard InChI is InChI=1S/C20H19FN2O4S/c1-12-8-13(4-7-16(12)26-2)9-18(24)22-20-23(11-19(25)27-3)15-6-5-14(21)10-17(15)28-20/h4-8,10H,9,11H2,1-3H3. The molecule has 0 bridgehead atoms. The second kappa shape index (κ2) is 8.35. The minimum Gasteiger partial charge on any atom is -0.496 e. The van der Waals surface area contributed by atoms with Crippen LogP contribution in [0.4, 0.5) is 4.39 Å². The van der Waals surface area contributed by atoms with E-state index >= 15 is 0 Å². The first-order chi connectivity index (χ1) is 13.4. The van der Waals surface area contributed by atoms with E-state index < -0.39 is 11.8 Å². The highest BCUT2D eigenvalue weighted by Gasteiger charge is 2.13. The smallest absolute Gasteiger partial charge is 0.325 e. The topological polar surface area (TPSA) is 69.9 Å². The number of carbonyl (C=O) groups is 2. The van der Waals surface area contributed by atoms with E-state index in [1.807, 2.05) is 19.1 Å². The zero-order chi connectivity index (χ0) is 20.3. The summed E-state index contributed by atoms with van der Waals surface area (Å²) >= 11 is 1.15. The molecule has 1 aromatic heterocycles. The SMILES string of the molecule is COC(=O)Cn1c(=NC(=O)Cc2ccc(OC)c(C)c2)sc2cc(F)ccc21. The normalized spacial score (nSPS) is 11.6. The van der Waals surface area contributed by atoms with Gasteiger partial charge in [0.2, 0.25) is 0 Å². The van der Waals surface area contributed by atoms with E-state index in [0.29, 0.717) is 15.0 Å². The number of thiazole rings is 1. The largest absolute Gasteiger partial charge is 0.496 e. The number of halogens is 1. The molecule has 2 aromatic carbocycles. The van der Waals surface area contributed by atoms with Crippen LogP contribution in [-0.2, 0) is 27.3 Å². The van der Waals surface area contributed by atoms with Crippen LogP contribution in [0.5, 0.6) is 5.75 Å². The lowest BCUT2D eigenvalue weighted by Gasteiger charge is -2.06. The van der Waals surface area contributed by atoms with E-state index in [0.717, 1.165) is 28.2 Å². The van der Waals surface area contributed by atoms with Crippen molar-refractivity contribution in [2.24, 2.45) is 4.99 Å². The molecule has 28 heavy (non-hydrogen) atoms. The molecule has 0 saturated carbocycles.